The second-order valence-corrected chi connectivity index (χ2v) is 7.17. The van der Waals surface area contributed by atoms with Gasteiger partial charge in [-0.15, -0.1) is 0 Å². The second-order valence-electron chi connectivity index (χ2n) is 6.79. The minimum absolute atomic E-state index is 0.418. The number of nitrogens with one attached hydrogen (secondary N) is 2. The quantitative estimate of drug-likeness (QED) is 0.375. The van der Waals surface area contributed by atoms with Gasteiger partial charge in [0, 0.05) is 5.56 Å². The normalized spacial score (nSPS) is 12.0. The fourth-order valence-electron chi connectivity index (χ4n) is 3.16. The van der Waals surface area contributed by atoms with Crippen molar-refractivity contribution in [2.24, 2.45) is 0 Å². The van der Waals surface area contributed by atoms with Gasteiger partial charge in [0.15, 0.2) is 5.82 Å². The molecule has 0 fully saturated rings. The molecule has 8 heteroatoms. The van der Waals surface area contributed by atoms with E-state index < -0.39 is 6.10 Å². The molecule has 2 aromatic carbocycles. The fraction of sp³-hybridized carbons (Fsp3) is 0.182. The number of ether oxygens (including phenoxy) is 1. The van der Waals surface area contributed by atoms with E-state index in [0.29, 0.717) is 22.9 Å². The number of rotatable bonds is 7. The van der Waals surface area contributed by atoms with Crippen molar-refractivity contribution in [1.82, 2.24) is 14.9 Å². The average molecular weight is 423 g/mol. The molecule has 0 aliphatic heterocycles. The number of para-hydroxylation sites is 1. The Bertz CT molecular complexity index is 1190. The summed E-state index contributed by atoms with van der Waals surface area (Å²) >= 11 is 5.37. The van der Waals surface area contributed by atoms with E-state index in [0.717, 1.165) is 28.2 Å². The molecule has 1 unspecified atom stereocenters. The number of H-pyrrole nitrogens is 1. The molecule has 0 radical (unpaired) electrons. The van der Waals surface area contributed by atoms with Crippen LogP contribution >= 0.6 is 12.2 Å². The summed E-state index contributed by atoms with van der Waals surface area (Å²) in [5.74, 6) is 2.83. The molecular formula is C22H22N4O3S. The van der Waals surface area contributed by atoms with Crippen molar-refractivity contribution in [3.8, 4) is 28.5 Å². The molecular weight excluding hydrogens is 400 g/mol. The van der Waals surface area contributed by atoms with E-state index >= 15 is 0 Å². The highest BCUT2D eigenvalue weighted by molar-refractivity contribution is 7.71. The summed E-state index contributed by atoms with van der Waals surface area (Å²) in [7, 11) is 1.62. The lowest BCUT2D eigenvalue weighted by atomic mass is 10.1. The van der Waals surface area contributed by atoms with Gasteiger partial charge in [0.2, 0.25) is 4.77 Å². The number of benzene rings is 2. The third-order valence-corrected chi connectivity index (χ3v) is 5.04. The fourth-order valence-corrected chi connectivity index (χ4v) is 3.36. The highest BCUT2D eigenvalue weighted by atomic mass is 32.1. The number of hydrogen-bond acceptors (Lipinski definition) is 6. The van der Waals surface area contributed by atoms with Crippen molar-refractivity contribution in [1.29, 1.82) is 0 Å². The lowest BCUT2D eigenvalue weighted by molar-refractivity contribution is 0.199. The SMILES string of the molecule is COc1ccccc1-c1n[nH]c(=S)n1NCc1ccc(-c2ccc(C(C)O)cc2)o1. The van der Waals surface area contributed by atoms with Gasteiger partial charge in [0.1, 0.15) is 17.3 Å². The summed E-state index contributed by atoms with van der Waals surface area (Å²) in [6, 6.07) is 19.1. The Hall–Kier alpha value is -3.36. The van der Waals surface area contributed by atoms with E-state index in [9.17, 15) is 5.11 Å². The third kappa shape index (κ3) is 4.00. The van der Waals surface area contributed by atoms with Crippen molar-refractivity contribution in [3.05, 3.63) is 76.8 Å². The second kappa shape index (κ2) is 8.56. The van der Waals surface area contributed by atoms with E-state index in [-0.39, 0.29) is 0 Å². The van der Waals surface area contributed by atoms with Gasteiger partial charge >= 0.3 is 0 Å². The van der Waals surface area contributed by atoms with E-state index in [1.807, 2.05) is 60.7 Å². The van der Waals surface area contributed by atoms with Gasteiger partial charge in [-0.1, -0.05) is 36.4 Å². The zero-order valence-corrected chi connectivity index (χ0v) is 17.4. The molecule has 154 valence electrons. The number of nitrogens with zero attached hydrogens (tertiary/aromatic N) is 2. The number of furan rings is 1. The maximum absolute atomic E-state index is 9.65. The molecule has 0 saturated heterocycles. The first kappa shape index (κ1) is 19.9. The van der Waals surface area contributed by atoms with Crippen molar-refractivity contribution < 1.29 is 14.3 Å². The zero-order chi connectivity index (χ0) is 21.1. The van der Waals surface area contributed by atoms with Gasteiger partial charge < -0.3 is 19.7 Å². The van der Waals surface area contributed by atoms with Gasteiger partial charge in [0.05, 0.1) is 25.3 Å². The van der Waals surface area contributed by atoms with Gasteiger partial charge in [-0.2, -0.15) is 5.10 Å². The zero-order valence-electron chi connectivity index (χ0n) is 16.6. The number of aliphatic hydroxyl groups is 1. The first-order chi connectivity index (χ1) is 14.6. The molecule has 0 aliphatic carbocycles. The Labute approximate surface area is 178 Å². The molecule has 0 bridgehead atoms. The number of aliphatic hydroxyl groups excluding tert-OH is 1. The van der Waals surface area contributed by atoms with Crippen LogP contribution < -0.4 is 10.2 Å². The Kier molecular flexibility index (Phi) is 5.69. The van der Waals surface area contributed by atoms with Crippen LogP contribution in [0.4, 0.5) is 0 Å². The van der Waals surface area contributed by atoms with Gasteiger partial charge in [0.25, 0.3) is 0 Å². The largest absolute Gasteiger partial charge is 0.496 e. The molecule has 0 saturated carbocycles. The highest BCUT2D eigenvalue weighted by Crippen LogP contribution is 2.28. The van der Waals surface area contributed by atoms with Crippen LogP contribution in [-0.2, 0) is 6.54 Å². The number of hydrogen-bond donors (Lipinski definition) is 3. The maximum Gasteiger partial charge on any atom is 0.214 e. The third-order valence-electron chi connectivity index (χ3n) is 4.77. The van der Waals surface area contributed by atoms with Crippen LogP contribution in [0.25, 0.3) is 22.7 Å². The predicted molar refractivity (Wildman–Crippen MR) is 117 cm³/mol. The molecule has 0 amide bonds. The summed E-state index contributed by atoms with van der Waals surface area (Å²) in [6.45, 7) is 2.16. The van der Waals surface area contributed by atoms with Crippen molar-refractivity contribution in [2.75, 3.05) is 12.5 Å². The standard InChI is InChI=1S/C22H22N4O3S/c1-14(27)15-7-9-16(10-8-15)19-12-11-17(29-19)13-23-26-21(24-25-22(26)30)18-5-3-4-6-20(18)28-2/h3-12,14,23,27H,13H2,1-2H3,(H,25,30). The van der Waals surface area contributed by atoms with Crippen molar-refractivity contribution in [2.45, 2.75) is 19.6 Å². The van der Waals surface area contributed by atoms with Crippen LogP contribution in [0, 0.1) is 4.77 Å². The van der Waals surface area contributed by atoms with Crippen molar-refractivity contribution >= 4 is 12.2 Å². The van der Waals surface area contributed by atoms with E-state index in [4.69, 9.17) is 21.4 Å². The molecule has 2 heterocycles. The maximum atomic E-state index is 9.65. The van der Waals surface area contributed by atoms with E-state index in [1.165, 1.54) is 0 Å². The smallest absolute Gasteiger partial charge is 0.214 e. The number of methoxy groups -OCH3 is 1. The molecule has 3 N–H and O–H groups in total. The molecule has 0 aliphatic rings. The van der Waals surface area contributed by atoms with Gasteiger partial charge in [-0.25, -0.2) is 9.77 Å². The topological polar surface area (TPSA) is 88.2 Å². The minimum Gasteiger partial charge on any atom is -0.496 e. The average Bonchev–Trinajstić information content (AvgIpc) is 3.39. The summed E-state index contributed by atoms with van der Waals surface area (Å²) in [6.07, 6.45) is -0.493. The molecule has 1 atom stereocenters. The molecule has 30 heavy (non-hydrogen) atoms. The summed E-state index contributed by atoms with van der Waals surface area (Å²) < 4.78 is 13.6. The van der Waals surface area contributed by atoms with Gasteiger partial charge in [-0.3, -0.25) is 0 Å². The summed E-state index contributed by atoms with van der Waals surface area (Å²) in [4.78, 5) is 0. The highest BCUT2D eigenvalue weighted by Gasteiger charge is 2.14. The van der Waals surface area contributed by atoms with E-state index in [2.05, 4.69) is 15.6 Å². The molecule has 4 aromatic rings. The van der Waals surface area contributed by atoms with Crippen LogP contribution in [0.5, 0.6) is 5.75 Å². The Morgan fingerprint density at radius 3 is 2.67 bits per heavy atom. The Balaban J connectivity index is 1.53. The van der Waals surface area contributed by atoms with Crippen molar-refractivity contribution in [3.63, 3.8) is 0 Å². The van der Waals surface area contributed by atoms with Crippen LogP contribution in [0.15, 0.2) is 65.1 Å². The van der Waals surface area contributed by atoms with Crippen LogP contribution in [0.2, 0.25) is 0 Å². The van der Waals surface area contributed by atoms with Gasteiger partial charge in [-0.05, 0) is 49.0 Å². The monoisotopic (exact) mass is 422 g/mol. The minimum atomic E-state index is -0.493. The lowest BCUT2D eigenvalue weighted by Gasteiger charge is -2.11. The molecule has 4 rings (SSSR count). The first-order valence-electron chi connectivity index (χ1n) is 9.48. The Morgan fingerprint density at radius 1 is 1.17 bits per heavy atom. The molecule has 7 nitrogen and oxygen atoms in total. The van der Waals surface area contributed by atoms with E-state index in [1.54, 1.807) is 18.7 Å². The van der Waals surface area contributed by atoms with Crippen LogP contribution in [-0.4, -0.2) is 27.1 Å². The molecule has 2 aromatic heterocycles. The molecule has 0 spiro atoms. The Morgan fingerprint density at radius 2 is 1.93 bits per heavy atom. The summed E-state index contributed by atoms with van der Waals surface area (Å²) in [5, 5.41) is 16.8. The lowest BCUT2D eigenvalue weighted by Crippen LogP contribution is -2.15. The number of aromatic nitrogens is 3. The van der Waals surface area contributed by atoms with Crippen LogP contribution in [0.3, 0.4) is 0 Å². The van der Waals surface area contributed by atoms with Crippen LogP contribution in [0.1, 0.15) is 24.4 Å². The first-order valence-corrected chi connectivity index (χ1v) is 9.89. The predicted octanol–water partition coefficient (Wildman–Crippen LogP) is 4.67. The summed E-state index contributed by atoms with van der Waals surface area (Å²) in [5.41, 5.74) is 5.88. The number of aromatic amines is 1.